The van der Waals surface area contributed by atoms with Crippen molar-refractivity contribution in [1.82, 2.24) is 0 Å². The molecule has 0 saturated heterocycles. The summed E-state index contributed by atoms with van der Waals surface area (Å²) in [6.45, 7) is 2.26. The van der Waals surface area contributed by atoms with Crippen molar-refractivity contribution < 1.29 is 4.43 Å². The molecule has 1 rings (SSSR count). The van der Waals surface area contributed by atoms with Crippen LogP contribution in [0.25, 0.3) is 0 Å². The molecule has 1 nitrogen and oxygen atoms in total. The molecule has 0 amide bonds. The van der Waals surface area contributed by atoms with E-state index in [9.17, 15) is 0 Å². The van der Waals surface area contributed by atoms with Gasteiger partial charge in [0.25, 0.3) is 0 Å². The van der Waals surface area contributed by atoms with Crippen molar-refractivity contribution in [2.45, 2.75) is 51.5 Å². The third-order valence-corrected chi connectivity index (χ3v) is 5.70. The Kier molecular flexibility index (Phi) is 5.40. The van der Waals surface area contributed by atoms with Crippen LogP contribution < -0.4 is 0 Å². The molecule has 0 aliphatic heterocycles. The molecule has 1 atom stereocenters. The molecule has 13 heavy (non-hydrogen) atoms. The fourth-order valence-corrected chi connectivity index (χ4v) is 4.55. The lowest BCUT2D eigenvalue weighted by molar-refractivity contribution is 0.422. The van der Waals surface area contributed by atoms with E-state index in [1.807, 2.05) is 7.11 Å². The van der Waals surface area contributed by atoms with E-state index in [-0.39, 0.29) is 0 Å². The Morgan fingerprint density at radius 3 is 2.85 bits per heavy atom. The highest BCUT2D eigenvalue weighted by molar-refractivity contribution is 6.60. The van der Waals surface area contributed by atoms with Gasteiger partial charge in [-0.1, -0.05) is 37.5 Å². The maximum Gasteiger partial charge on any atom is 0.203 e. The van der Waals surface area contributed by atoms with Gasteiger partial charge in [0.15, 0.2) is 0 Å². The van der Waals surface area contributed by atoms with E-state index in [2.05, 4.69) is 13.0 Å². The summed E-state index contributed by atoms with van der Waals surface area (Å²) in [5.74, 6) is 0. The normalized spacial score (nSPS) is 18.8. The fourth-order valence-electron chi connectivity index (χ4n) is 2.02. The monoisotopic (exact) mass is 198 g/mol. The molecular formula is C11H22OSi. The van der Waals surface area contributed by atoms with Crippen molar-refractivity contribution >= 4 is 9.04 Å². The van der Waals surface area contributed by atoms with Crippen molar-refractivity contribution in [1.29, 1.82) is 0 Å². The van der Waals surface area contributed by atoms with Crippen LogP contribution in [-0.4, -0.2) is 16.2 Å². The summed E-state index contributed by atoms with van der Waals surface area (Å²) in [4.78, 5) is 0. The second-order valence-electron chi connectivity index (χ2n) is 3.89. The molecule has 1 aliphatic rings. The number of rotatable bonds is 6. The number of hydrogen-bond acceptors (Lipinski definition) is 1. The SMILES string of the molecule is CCCCC[SiH](OC)C1=CCCC1. The highest BCUT2D eigenvalue weighted by atomic mass is 28.3. The standard InChI is InChI=1S/C11H22OSi/c1-3-4-7-10-13(12-2)11-8-5-6-9-11/h8,13H,3-7,9-10H2,1-2H3. The first kappa shape index (κ1) is 11.0. The molecule has 0 fully saturated rings. The molecule has 0 aromatic carbocycles. The predicted octanol–water partition coefficient (Wildman–Crippen LogP) is 3.20. The lowest BCUT2D eigenvalue weighted by Gasteiger charge is -2.14. The van der Waals surface area contributed by atoms with Crippen molar-refractivity contribution in [3.63, 3.8) is 0 Å². The number of hydrogen-bond donors (Lipinski definition) is 0. The minimum absolute atomic E-state index is 0.936. The van der Waals surface area contributed by atoms with Gasteiger partial charge in [-0.15, -0.1) is 0 Å². The van der Waals surface area contributed by atoms with Gasteiger partial charge in [-0.05, 0) is 25.3 Å². The highest BCUT2D eigenvalue weighted by Gasteiger charge is 2.17. The molecule has 0 bridgehead atoms. The zero-order valence-electron chi connectivity index (χ0n) is 9.01. The van der Waals surface area contributed by atoms with Crippen molar-refractivity contribution in [2.24, 2.45) is 0 Å². The summed E-state index contributed by atoms with van der Waals surface area (Å²) in [7, 11) is 0.969. The van der Waals surface area contributed by atoms with Gasteiger partial charge >= 0.3 is 0 Å². The predicted molar refractivity (Wildman–Crippen MR) is 60.4 cm³/mol. The van der Waals surface area contributed by atoms with Gasteiger partial charge in [-0.3, -0.25) is 0 Å². The van der Waals surface area contributed by atoms with Crippen molar-refractivity contribution in [2.75, 3.05) is 7.11 Å². The van der Waals surface area contributed by atoms with Gasteiger partial charge in [-0.2, -0.15) is 0 Å². The summed E-state index contributed by atoms with van der Waals surface area (Å²) in [5.41, 5.74) is 0. The van der Waals surface area contributed by atoms with Crippen LogP contribution in [0.2, 0.25) is 6.04 Å². The average Bonchev–Trinajstić information content (AvgIpc) is 2.65. The summed E-state index contributed by atoms with van der Waals surface area (Å²) in [5, 5.41) is 1.69. The number of unbranched alkanes of at least 4 members (excludes halogenated alkanes) is 2. The van der Waals surface area contributed by atoms with Crippen LogP contribution in [0.3, 0.4) is 0 Å². The molecular weight excluding hydrogens is 176 g/mol. The van der Waals surface area contributed by atoms with Crippen LogP contribution >= 0.6 is 0 Å². The van der Waals surface area contributed by atoms with Gasteiger partial charge in [0.05, 0.1) is 0 Å². The number of allylic oxidation sites excluding steroid dienone is 2. The van der Waals surface area contributed by atoms with Crippen LogP contribution in [0, 0.1) is 0 Å². The molecule has 0 spiro atoms. The molecule has 0 N–H and O–H groups in total. The van der Waals surface area contributed by atoms with E-state index in [1.54, 1.807) is 5.20 Å². The van der Waals surface area contributed by atoms with Gasteiger partial charge in [0, 0.05) is 7.11 Å². The lowest BCUT2D eigenvalue weighted by atomic mass is 10.3. The van der Waals surface area contributed by atoms with Crippen LogP contribution in [-0.2, 0) is 4.43 Å². The Balaban J connectivity index is 2.25. The van der Waals surface area contributed by atoms with Gasteiger partial charge in [-0.25, -0.2) is 0 Å². The van der Waals surface area contributed by atoms with E-state index in [0.717, 1.165) is 0 Å². The minimum atomic E-state index is -0.936. The quantitative estimate of drug-likeness (QED) is 0.470. The molecule has 2 heteroatoms. The molecule has 0 radical (unpaired) electrons. The molecule has 0 saturated carbocycles. The van der Waals surface area contributed by atoms with Crippen molar-refractivity contribution in [3.05, 3.63) is 11.3 Å². The zero-order valence-corrected chi connectivity index (χ0v) is 10.2. The molecule has 1 unspecified atom stereocenters. The topological polar surface area (TPSA) is 9.23 Å². The second-order valence-corrected chi connectivity index (χ2v) is 6.66. The Morgan fingerprint density at radius 2 is 2.31 bits per heavy atom. The summed E-state index contributed by atoms with van der Waals surface area (Å²) in [6, 6.07) is 1.36. The molecule has 0 aromatic heterocycles. The smallest absolute Gasteiger partial charge is 0.203 e. The zero-order chi connectivity index (χ0) is 9.52. The largest absolute Gasteiger partial charge is 0.419 e. The van der Waals surface area contributed by atoms with E-state index in [0.29, 0.717) is 0 Å². The molecule has 76 valence electrons. The maximum atomic E-state index is 5.65. The van der Waals surface area contributed by atoms with Crippen molar-refractivity contribution in [3.8, 4) is 0 Å². The third kappa shape index (κ3) is 3.65. The fraction of sp³-hybridized carbons (Fsp3) is 0.818. The van der Waals surface area contributed by atoms with Gasteiger partial charge in [0.2, 0.25) is 9.04 Å². The summed E-state index contributed by atoms with van der Waals surface area (Å²) in [6.07, 6.45) is 10.5. The van der Waals surface area contributed by atoms with Gasteiger partial charge in [0.1, 0.15) is 0 Å². The second kappa shape index (κ2) is 6.38. The van der Waals surface area contributed by atoms with E-state index in [4.69, 9.17) is 4.43 Å². The third-order valence-electron chi connectivity index (χ3n) is 2.84. The highest BCUT2D eigenvalue weighted by Crippen LogP contribution is 2.23. The first-order valence-corrected chi connectivity index (χ1v) is 7.46. The lowest BCUT2D eigenvalue weighted by Crippen LogP contribution is -2.18. The van der Waals surface area contributed by atoms with Crippen LogP contribution in [0.1, 0.15) is 45.4 Å². The van der Waals surface area contributed by atoms with E-state index < -0.39 is 9.04 Å². The Labute approximate surface area is 83.9 Å². The first-order chi connectivity index (χ1) is 6.38. The minimum Gasteiger partial charge on any atom is -0.419 e. The molecule has 0 aromatic rings. The van der Waals surface area contributed by atoms with Gasteiger partial charge < -0.3 is 4.43 Å². The van der Waals surface area contributed by atoms with Crippen LogP contribution in [0.15, 0.2) is 11.3 Å². The Morgan fingerprint density at radius 1 is 1.46 bits per heavy atom. The first-order valence-electron chi connectivity index (χ1n) is 5.60. The average molecular weight is 198 g/mol. The maximum absolute atomic E-state index is 5.65. The van der Waals surface area contributed by atoms with E-state index in [1.165, 1.54) is 44.6 Å². The van der Waals surface area contributed by atoms with Crippen LogP contribution in [0.5, 0.6) is 0 Å². The summed E-state index contributed by atoms with van der Waals surface area (Å²) >= 11 is 0. The summed E-state index contributed by atoms with van der Waals surface area (Å²) < 4.78 is 5.65. The molecule has 1 aliphatic carbocycles. The Bertz CT molecular complexity index is 165. The van der Waals surface area contributed by atoms with Crippen LogP contribution in [0.4, 0.5) is 0 Å². The molecule has 0 heterocycles. The Hall–Kier alpha value is -0.0831. The van der Waals surface area contributed by atoms with E-state index >= 15 is 0 Å².